The van der Waals surface area contributed by atoms with Gasteiger partial charge in [0.2, 0.25) is 0 Å². The van der Waals surface area contributed by atoms with Gasteiger partial charge in [0, 0.05) is 38.5 Å². The van der Waals surface area contributed by atoms with Crippen LogP contribution in [0.3, 0.4) is 0 Å². The van der Waals surface area contributed by atoms with Gasteiger partial charge in [-0.25, -0.2) is 9.97 Å². The number of ether oxygens (including phenoxy) is 1. The first kappa shape index (κ1) is 17.8. The number of hydrogen-bond donors (Lipinski definition) is 0. The molecule has 0 bridgehead atoms. The minimum Gasteiger partial charge on any atom is -0.492 e. The van der Waals surface area contributed by atoms with E-state index < -0.39 is 0 Å². The molecule has 27 heavy (non-hydrogen) atoms. The number of anilines is 2. The summed E-state index contributed by atoms with van der Waals surface area (Å²) in [6.45, 7) is 6.24. The van der Waals surface area contributed by atoms with E-state index in [0.29, 0.717) is 0 Å². The quantitative estimate of drug-likeness (QED) is 0.669. The summed E-state index contributed by atoms with van der Waals surface area (Å²) >= 11 is 0. The van der Waals surface area contributed by atoms with Crippen molar-refractivity contribution in [1.82, 2.24) is 19.4 Å². The molecule has 0 spiro atoms. The third-order valence-corrected chi connectivity index (χ3v) is 5.36. The van der Waals surface area contributed by atoms with Crippen molar-refractivity contribution >= 4 is 22.5 Å². The predicted molar refractivity (Wildman–Crippen MR) is 109 cm³/mol. The molecule has 0 atom stereocenters. The Labute approximate surface area is 160 Å². The lowest BCUT2D eigenvalue weighted by atomic mass is 10.1. The molecule has 3 aromatic rings. The maximum absolute atomic E-state index is 6.02. The number of aryl methyl sites for hydroxylation is 2. The first-order chi connectivity index (χ1) is 13.1. The third kappa shape index (κ3) is 3.76. The minimum atomic E-state index is 0.728. The summed E-state index contributed by atoms with van der Waals surface area (Å²) in [6, 6.07) is 8.34. The maximum atomic E-state index is 6.02. The van der Waals surface area contributed by atoms with Crippen LogP contribution in [-0.2, 0) is 7.05 Å². The number of imidazole rings is 1. The molecule has 1 saturated heterocycles. The van der Waals surface area contributed by atoms with Gasteiger partial charge in [-0.1, -0.05) is 6.07 Å². The predicted octanol–water partition coefficient (Wildman–Crippen LogP) is 3.52. The van der Waals surface area contributed by atoms with Gasteiger partial charge in [0.25, 0.3) is 0 Å². The zero-order valence-corrected chi connectivity index (χ0v) is 16.4. The highest BCUT2D eigenvalue weighted by molar-refractivity contribution is 5.79. The average molecular weight is 365 g/mol. The molecule has 0 N–H and O–H groups in total. The summed E-state index contributed by atoms with van der Waals surface area (Å²) < 4.78 is 8.04. The highest BCUT2D eigenvalue weighted by Crippen LogP contribution is 2.30. The number of aromatic nitrogens is 3. The number of hydrogen-bond acceptors (Lipinski definition) is 5. The molecular formula is C21H27N5O. The van der Waals surface area contributed by atoms with E-state index >= 15 is 0 Å². The Hall–Kier alpha value is -2.60. The molecule has 1 aliphatic heterocycles. The summed E-state index contributed by atoms with van der Waals surface area (Å²) in [5.74, 6) is 1.80. The van der Waals surface area contributed by atoms with Gasteiger partial charge in [0.05, 0.1) is 18.0 Å². The summed E-state index contributed by atoms with van der Waals surface area (Å²) in [7, 11) is 4.04. The van der Waals surface area contributed by atoms with E-state index in [9.17, 15) is 0 Å². The summed E-state index contributed by atoms with van der Waals surface area (Å²) in [4.78, 5) is 13.5. The molecule has 0 saturated carbocycles. The zero-order chi connectivity index (χ0) is 18.8. The van der Waals surface area contributed by atoms with E-state index in [1.807, 2.05) is 37.3 Å². The van der Waals surface area contributed by atoms with E-state index in [4.69, 9.17) is 4.74 Å². The SMILES string of the molecule is Cc1ccc(OCCN2CCCC2)cc1N(C)c1cc2c(cn1)ncn2C. The Kier molecular flexibility index (Phi) is 4.99. The number of nitrogens with zero attached hydrogens (tertiary/aromatic N) is 5. The molecule has 2 aromatic heterocycles. The van der Waals surface area contributed by atoms with E-state index in [1.165, 1.54) is 31.5 Å². The lowest BCUT2D eigenvalue weighted by Gasteiger charge is -2.22. The molecule has 0 unspecified atom stereocenters. The van der Waals surface area contributed by atoms with Crippen molar-refractivity contribution in [3.63, 3.8) is 0 Å². The van der Waals surface area contributed by atoms with Crippen molar-refractivity contribution in [3.8, 4) is 5.75 Å². The monoisotopic (exact) mass is 365 g/mol. The maximum Gasteiger partial charge on any atom is 0.134 e. The number of rotatable bonds is 6. The van der Waals surface area contributed by atoms with Gasteiger partial charge in [0.15, 0.2) is 0 Å². The van der Waals surface area contributed by atoms with Crippen LogP contribution in [-0.4, -0.2) is 52.7 Å². The third-order valence-electron chi connectivity index (χ3n) is 5.36. The number of benzene rings is 1. The molecule has 6 heteroatoms. The second kappa shape index (κ2) is 7.56. The Bertz CT molecular complexity index is 929. The Morgan fingerprint density at radius 1 is 1.15 bits per heavy atom. The molecule has 1 aromatic carbocycles. The first-order valence-corrected chi connectivity index (χ1v) is 9.58. The van der Waals surface area contributed by atoms with Crippen LogP contribution in [0, 0.1) is 6.92 Å². The summed E-state index contributed by atoms with van der Waals surface area (Å²) in [5.41, 5.74) is 4.27. The largest absolute Gasteiger partial charge is 0.492 e. The average Bonchev–Trinajstić information content (AvgIpc) is 3.32. The molecule has 4 rings (SSSR count). The van der Waals surface area contributed by atoms with Gasteiger partial charge in [-0.3, -0.25) is 4.90 Å². The molecule has 1 aliphatic rings. The summed E-state index contributed by atoms with van der Waals surface area (Å²) in [5, 5.41) is 0. The normalized spacial score (nSPS) is 14.8. The van der Waals surface area contributed by atoms with E-state index in [2.05, 4.69) is 44.9 Å². The van der Waals surface area contributed by atoms with E-state index in [0.717, 1.165) is 41.4 Å². The van der Waals surface area contributed by atoms with Crippen LogP contribution >= 0.6 is 0 Å². The molecular weight excluding hydrogens is 338 g/mol. The second-order valence-electron chi connectivity index (χ2n) is 7.29. The number of fused-ring (bicyclic) bond motifs is 1. The fraction of sp³-hybridized carbons (Fsp3) is 0.429. The van der Waals surface area contributed by atoms with Crippen molar-refractivity contribution in [2.24, 2.45) is 7.05 Å². The van der Waals surface area contributed by atoms with Crippen LogP contribution < -0.4 is 9.64 Å². The van der Waals surface area contributed by atoms with Gasteiger partial charge in [-0.15, -0.1) is 0 Å². The Balaban J connectivity index is 1.51. The first-order valence-electron chi connectivity index (χ1n) is 9.58. The molecule has 0 amide bonds. The van der Waals surface area contributed by atoms with E-state index in [-0.39, 0.29) is 0 Å². The van der Waals surface area contributed by atoms with Crippen LogP contribution in [0.1, 0.15) is 18.4 Å². The lowest BCUT2D eigenvalue weighted by Crippen LogP contribution is -2.25. The van der Waals surface area contributed by atoms with Crippen molar-refractivity contribution in [3.05, 3.63) is 42.4 Å². The standard InChI is InChI=1S/C21H27N5O/c1-16-6-7-17(27-11-10-26-8-4-5-9-26)12-19(16)25(3)21-13-20-18(14-22-21)23-15-24(20)2/h6-7,12-15H,4-5,8-11H2,1-3H3. The zero-order valence-electron chi connectivity index (χ0n) is 16.4. The van der Waals surface area contributed by atoms with Crippen LogP contribution in [0.2, 0.25) is 0 Å². The van der Waals surface area contributed by atoms with Crippen molar-refractivity contribution in [2.45, 2.75) is 19.8 Å². The Morgan fingerprint density at radius 2 is 1.96 bits per heavy atom. The highest BCUT2D eigenvalue weighted by Gasteiger charge is 2.13. The summed E-state index contributed by atoms with van der Waals surface area (Å²) in [6.07, 6.45) is 6.27. The topological polar surface area (TPSA) is 46.4 Å². The smallest absolute Gasteiger partial charge is 0.134 e. The van der Waals surface area contributed by atoms with Gasteiger partial charge in [-0.05, 0) is 44.5 Å². The van der Waals surface area contributed by atoms with Gasteiger partial charge in [0.1, 0.15) is 23.7 Å². The fourth-order valence-electron chi connectivity index (χ4n) is 3.67. The van der Waals surface area contributed by atoms with Crippen LogP contribution in [0.25, 0.3) is 11.0 Å². The van der Waals surface area contributed by atoms with Crippen LogP contribution in [0.5, 0.6) is 5.75 Å². The molecule has 1 fully saturated rings. The van der Waals surface area contributed by atoms with Gasteiger partial charge < -0.3 is 14.2 Å². The Morgan fingerprint density at radius 3 is 2.78 bits per heavy atom. The molecule has 0 aliphatic carbocycles. The molecule has 0 radical (unpaired) electrons. The van der Waals surface area contributed by atoms with Crippen molar-refractivity contribution < 1.29 is 4.74 Å². The highest BCUT2D eigenvalue weighted by atomic mass is 16.5. The van der Waals surface area contributed by atoms with Crippen LogP contribution in [0.4, 0.5) is 11.5 Å². The number of pyridine rings is 1. The van der Waals surface area contributed by atoms with Gasteiger partial charge >= 0.3 is 0 Å². The van der Waals surface area contributed by atoms with Crippen molar-refractivity contribution in [2.75, 3.05) is 38.2 Å². The van der Waals surface area contributed by atoms with Crippen LogP contribution in [0.15, 0.2) is 36.8 Å². The molecule has 142 valence electrons. The molecule has 3 heterocycles. The number of likely N-dealkylation sites (tertiary alicyclic amines) is 1. The second-order valence-corrected chi connectivity index (χ2v) is 7.29. The van der Waals surface area contributed by atoms with Crippen molar-refractivity contribution in [1.29, 1.82) is 0 Å². The lowest BCUT2D eigenvalue weighted by molar-refractivity contribution is 0.238. The van der Waals surface area contributed by atoms with Gasteiger partial charge in [-0.2, -0.15) is 0 Å². The minimum absolute atomic E-state index is 0.728. The van der Waals surface area contributed by atoms with E-state index in [1.54, 1.807) is 0 Å². The molecule has 6 nitrogen and oxygen atoms in total. The fourth-order valence-corrected chi connectivity index (χ4v) is 3.67.